The smallest absolute Gasteiger partial charge is 0.305 e. The minimum atomic E-state index is -0.865. The third-order valence-electron chi connectivity index (χ3n) is 14.6. The molecule has 0 aliphatic carbocycles. The van der Waals surface area contributed by atoms with Gasteiger partial charge in [-0.3, -0.25) is 9.59 Å². The number of nitrogens with one attached hydrogen (secondary N) is 1. The van der Waals surface area contributed by atoms with Crippen LogP contribution in [0.2, 0.25) is 0 Å². The number of amides is 1. The first-order chi connectivity index (χ1) is 35.0. The van der Waals surface area contributed by atoms with Crippen LogP contribution in [0.1, 0.15) is 341 Å². The Kier molecular flexibility index (Phi) is 59.0. The lowest BCUT2D eigenvalue weighted by Crippen LogP contribution is -2.45. The number of ether oxygens (including phenoxy) is 1. The van der Waals surface area contributed by atoms with Gasteiger partial charge in [0.15, 0.2) is 0 Å². The molecule has 6 nitrogen and oxygen atoms in total. The monoisotopic (exact) mass is 998 g/mol. The SMILES string of the molecule is CCCCCCCCC/C=C\CCCCCCCCCC(=O)OCCCC/C=C\CCCCCCCC(=O)NC(CO)C(O)/C=C/CCCCCCCCCCCCCCCCCCCCCCCCC. The summed E-state index contributed by atoms with van der Waals surface area (Å²) in [5.41, 5.74) is 0. The Morgan fingerprint density at radius 2 is 0.662 bits per heavy atom. The van der Waals surface area contributed by atoms with Gasteiger partial charge in [-0.25, -0.2) is 0 Å². The molecule has 0 radical (unpaired) electrons. The second-order valence-corrected chi connectivity index (χ2v) is 21.7. The average Bonchev–Trinajstić information content (AvgIpc) is 3.37. The predicted molar refractivity (Wildman–Crippen MR) is 310 cm³/mol. The topological polar surface area (TPSA) is 95.9 Å². The van der Waals surface area contributed by atoms with Crippen molar-refractivity contribution in [2.75, 3.05) is 13.2 Å². The predicted octanol–water partition coefficient (Wildman–Crippen LogP) is 20.0. The largest absolute Gasteiger partial charge is 0.466 e. The number of aliphatic hydroxyl groups is 2. The second-order valence-electron chi connectivity index (χ2n) is 21.7. The summed E-state index contributed by atoms with van der Waals surface area (Å²) in [6.07, 6.45) is 76.2. The maximum absolute atomic E-state index is 12.5. The van der Waals surface area contributed by atoms with E-state index in [1.54, 1.807) is 6.08 Å². The summed E-state index contributed by atoms with van der Waals surface area (Å²) in [6, 6.07) is -0.651. The zero-order chi connectivity index (χ0) is 51.4. The van der Waals surface area contributed by atoms with Crippen LogP contribution in [0.5, 0.6) is 0 Å². The van der Waals surface area contributed by atoms with Crippen molar-refractivity contribution in [1.82, 2.24) is 5.32 Å². The van der Waals surface area contributed by atoms with Crippen LogP contribution in [-0.4, -0.2) is 47.4 Å². The molecule has 0 fully saturated rings. The highest BCUT2D eigenvalue weighted by molar-refractivity contribution is 5.76. The van der Waals surface area contributed by atoms with Gasteiger partial charge in [0, 0.05) is 12.8 Å². The molecule has 0 aromatic carbocycles. The van der Waals surface area contributed by atoms with E-state index in [1.807, 2.05) is 6.08 Å². The number of carbonyl (C=O) groups is 2. The third-order valence-corrected chi connectivity index (χ3v) is 14.6. The molecule has 0 aliphatic rings. The number of hydrogen-bond donors (Lipinski definition) is 3. The van der Waals surface area contributed by atoms with Crippen LogP contribution in [0, 0.1) is 0 Å². The highest BCUT2D eigenvalue weighted by Gasteiger charge is 2.18. The fraction of sp³-hybridized carbons (Fsp3) is 0.877. The molecule has 0 saturated heterocycles. The van der Waals surface area contributed by atoms with Crippen LogP contribution in [-0.2, 0) is 14.3 Å². The van der Waals surface area contributed by atoms with Crippen molar-refractivity contribution >= 4 is 11.9 Å². The van der Waals surface area contributed by atoms with E-state index in [0.717, 1.165) is 83.5 Å². The minimum absolute atomic E-state index is 0.0352. The molecular formula is C65H123NO5. The van der Waals surface area contributed by atoms with E-state index in [4.69, 9.17) is 4.74 Å². The lowest BCUT2D eigenvalue weighted by atomic mass is 10.0. The van der Waals surface area contributed by atoms with Gasteiger partial charge in [-0.05, 0) is 83.5 Å². The first-order valence-corrected chi connectivity index (χ1v) is 31.8. The summed E-state index contributed by atoms with van der Waals surface area (Å²) in [4.78, 5) is 24.6. The van der Waals surface area contributed by atoms with Crippen LogP contribution < -0.4 is 5.32 Å². The molecule has 3 N–H and O–H groups in total. The molecule has 0 rings (SSSR count). The molecule has 0 aliphatic heterocycles. The summed E-state index contributed by atoms with van der Waals surface area (Å²) in [5.74, 6) is -0.129. The minimum Gasteiger partial charge on any atom is -0.466 e. The number of unbranched alkanes of at least 4 members (excludes halogenated alkanes) is 44. The Morgan fingerprint density at radius 1 is 0.380 bits per heavy atom. The van der Waals surface area contributed by atoms with Gasteiger partial charge in [0.25, 0.3) is 0 Å². The quantitative estimate of drug-likeness (QED) is 0.0321. The number of carbonyl (C=O) groups excluding carboxylic acids is 2. The highest BCUT2D eigenvalue weighted by atomic mass is 16.5. The molecule has 0 saturated carbocycles. The van der Waals surface area contributed by atoms with Crippen molar-refractivity contribution in [3.05, 3.63) is 36.5 Å². The van der Waals surface area contributed by atoms with E-state index < -0.39 is 12.1 Å². The fourth-order valence-corrected chi connectivity index (χ4v) is 9.74. The van der Waals surface area contributed by atoms with Crippen molar-refractivity contribution < 1.29 is 24.5 Å². The molecule has 71 heavy (non-hydrogen) atoms. The highest BCUT2D eigenvalue weighted by Crippen LogP contribution is 2.17. The Bertz CT molecular complexity index is 1150. The zero-order valence-electron chi connectivity index (χ0n) is 47.7. The second kappa shape index (κ2) is 60.6. The molecule has 0 aromatic heterocycles. The summed E-state index contributed by atoms with van der Waals surface area (Å²) in [6.45, 7) is 4.85. The standard InChI is InChI=1S/C65H123NO5/c1-3-5-7-9-11-13-15-17-19-21-23-24-25-26-27-28-29-30-32-34-37-41-45-49-53-57-63(68)62(61-67)66-64(69)58-54-50-46-42-38-36-40-44-48-52-56-60-71-65(70)59-55-51-47-43-39-35-33-31-22-20-18-16-14-12-10-8-6-4-2/h20,22,40,44,53,57,62-63,67-68H,3-19,21,23-39,41-43,45-52,54-56,58-61H2,1-2H3,(H,66,69)/b22-20-,44-40-,57-53+. The van der Waals surface area contributed by atoms with Crippen molar-refractivity contribution in [3.63, 3.8) is 0 Å². The van der Waals surface area contributed by atoms with Crippen LogP contribution in [0.4, 0.5) is 0 Å². The Labute approximate surface area is 443 Å². The van der Waals surface area contributed by atoms with Crippen LogP contribution >= 0.6 is 0 Å². The molecule has 0 aromatic rings. The van der Waals surface area contributed by atoms with Crippen LogP contribution in [0.25, 0.3) is 0 Å². The molecule has 2 atom stereocenters. The maximum Gasteiger partial charge on any atom is 0.305 e. The number of rotatable bonds is 59. The lowest BCUT2D eigenvalue weighted by molar-refractivity contribution is -0.143. The third kappa shape index (κ3) is 57.2. The van der Waals surface area contributed by atoms with Gasteiger partial charge in [-0.15, -0.1) is 0 Å². The molecule has 0 heterocycles. The summed E-state index contributed by atoms with van der Waals surface area (Å²) in [5, 5.41) is 23.2. The molecular weight excluding hydrogens is 875 g/mol. The van der Waals surface area contributed by atoms with Crippen molar-refractivity contribution in [1.29, 1.82) is 0 Å². The van der Waals surface area contributed by atoms with Gasteiger partial charge in [0.05, 0.1) is 25.4 Å². The van der Waals surface area contributed by atoms with E-state index in [0.29, 0.717) is 19.4 Å². The van der Waals surface area contributed by atoms with Crippen LogP contribution in [0.15, 0.2) is 36.5 Å². The van der Waals surface area contributed by atoms with Crippen molar-refractivity contribution in [2.45, 2.75) is 353 Å². The van der Waals surface area contributed by atoms with Gasteiger partial charge in [-0.1, -0.05) is 281 Å². The molecule has 418 valence electrons. The Morgan fingerprint density at radius 3 is 1.00 bits per heavy atom. The maximum atomic E-state index is 12.5. The Hall–Kier alpha value is -1.92. The number of hydrogen-bond acceptors (Lipinski definition) is 5. The average molecular weight is 999 g/mol. The van der Waals surface area contributed by atoms with E-state index in [1.165, 1.54) is 231 Å². The number of allylic oxidation sites excluding steroid dienone is 5. The number of esters is 1. The van der Waals surface area contributed by atoms with Gasteiger partial charge in [0.1, 0.15) is 0 Å². The first-order valence-electron chi connectivity index (χ1n) is 31.8. The molecule has 0 spiro atoms. The van der Waals surface area contributed by atoms with Crippen LogP contribution in [0.3, 0.4) is 0 Å². The molecule has 2 unspecified atom stereocenters. The molecule has 6 heteroatoms. The van der Waals surface area contributed by atoms with Gasteiger partial charge in [-0.2, -0.15) is 0 Å². The van der Waals surface area contributed by atoms with E-state index in [2.05, 4.69) is 43.5 Å². The van der Waals surface area contributed by atoms with Gasteiger partial charge >= 0.3 is 5.97 Å². The van der Waals surface area contributed by atoms with E-state index in [9.17, 15) is 19.8 Å². The molecule has 1 amide bonds. The summed E-state index contributed by atoms with van der Waals surface area (Å²) >= 11 is 0. The van der Waals surface area contributed by atoms with Crippen molar-refractivity contribution in [3.8, 4) is 0 Å². The molecule has 0 bridgehead atoms. The lowest BCUT2D eigenvalue weighted by Gasteiger charge is -2.20. The normalized spacial score (nSPS) is 12.8. The number of aliphatic hydroxyl groups excluding tert-OH is 2. The zero-order valence-corrected chi connectivity index (χ0v) is 47.7. The fourth-order valence-electron chi connectivity index (χ4n) is 9.74. The van der Waals surface area contributed by atoms with E-state index >= 15 is 0 Å². The van der Waals surface area contributed by atoms with Crippen molar-refractivity contribution in [2.24, 2.45) is 0 Å². The Balaban J connectivity index is 3.52. The first kappa shape index (κ1) is 69.1. The summed E-state index contributed by atoms with van der Waals surface area (Å²) < 4.78 is 5.46. The van der Waals surface area contributed by atoms with E-state index in [-0.39, 0.29) is 18.5 Å². The van der Waals surface area contributed by atoms with Gasteiger partial charge < -0.3 is 20.3 Å². The summed E-state index contributed by atoms with van der Waals surface area (Å²) in [7, 11) is 0. The van der Waals surface area contributed by atoms with Gasteiger partial charge in [0.2, 0.25) is 5.91 Å².